The van der Waals surface area contributed by atoms with Gasteiger partial charge in [-0.05, 0) is 81.6 Å². The first-order valence-electron chi connectivity index (χ1n) is 11.9. The number of aromatic nitrogens is 2. The van der Waals surface area contributed by atoms with Gasteiger partial charge in [0.15, 0.2) is 0 Å². The molecule has 0 spiro atoms. The van der Waals surface area contributed by atoms with Crippen molar-refractivity contribution in [3.8, 4) is 0 Å². The van der Waals surface area contributed by atoms with Crippen molar-refractivity contribution < 1.29 is 15.0 Å². The molecule has 2 aromatic heterocycles. The fourth-order valence-electron chi connectivity index (χ4n) is 7.20. The summed E-state index contributed by atoms with van der Waals surface area (Å²) in [6.07, 6.45) is 11.4. The van der Waals surface area contributed by atoms with Gasteiger partial charge in [-0.25, -0.2) is 4.98 Å². The molecular formula is C24H32N4O3. The standard InChI is InChI=1S/C24H32N4O3/c29-17-3-1-16(2-4-17)27-23(30)19-12-26-22-18(5-6-25-22)21(19)28-20-14-7-13-8-15(20)11-24(31,9-13)10-14/h5-6,12-17,20,29,31H,1-4,7-11H2,(H,27,30)(H2,25,26,28). The Bertz CT molecular complexity index is 980. The Kier molecular flexibility index (Phi) is 4.54. The van der Waals surface area contributed by atoms with Gasteiger partial charge in [0.25, 0.3) is 5.91 Å². The van der Waals surface area contributed by atoms with Crippen molar-refractivity contribution in [2.24, 2.45) is 17.8 Å². The number of nitrogens with one attached hydrogen (secondary N) is 3. The summed E-state index contributed by atoms with van der Waals surface area (Å²) < 4.78 is 0. The molecule has 7 rings (SSSR count). The van der Waals surface area contributed by atoms with Crippen LogP contribution in [0.2, 0.25) is 0 Å². The van der Waals surface area contributed by atoms with Gasteiger partial charge in [-0.3, -0.25) is 4.79 Å². The molecule has 0 aliphatic heterocycles. The van der Waals surface area contributed by atoms with Crippen LogP contribution in [-0.2, 0) is 0 Å². The van der Waals surface area contributed by atoms with E-state index >= 15 is 0 Å². The average molecular weight is 425 g/mol. The molecule has 1 amide bonds. The fourth-order valence-corrected chi connectivity index (χ4v) is 7.20. The zero-order chi connectivity index (χ0) is 21.2. The first kappa shape index (κ1) is 19.6. The van der Waals surface area contributed by atoms with E-state index in [1.165, 1.54) is 12.8 Å². The Labute approximate surface area is 182 Å². The SMILES string of the molecule is O=C(NC1CCC(O)CC1)c1cnc2[nH]ccc2c1NC1C2CC3CC1CC(O)(C3)C2. The van der Waals surface area contributed by atoms with Crippen LogP contribution in [0.15, 0.2) is 18.5 Å². The lowest BCUT2D eigenvalue weighted by atomic mass is 9.52. The number of nitrogens with zero attached hydrogens (tertiary/aromatic N) is 1. The van der Waals surface area contributed by atoms with E-state index in [0.29, 0.717) is 23.3 Å². The van der Waals surface area contributed by atoms with Gasteiger partial charge in [-0.15, -0.1) is 0 Å². The number of aliphatic hydroxyl groups excluding tert-OH is 1. The van der Waals surface area contributed by atoms with Crippen LogP contribution in [0.25, 0.3) is 11.0 Å². The van der Waals surface area contributed by atoms with Crippen LogP contribution in [0, 0.1) is 17.8 Å². The number of fused-ring (bicyclic) bond motifs is 1. The smallest absolute Gasteiger partial charge is 0.255 e. The topological polar surface area (TPSA) is 110 Å². The maximum Gasteiger partial charge on any atom is 0.255 e. The van der Waals surface area contributed by atoms with Crippen LogP contribution in [-0.4, -0.2) is 49.9 Å². The van der Waals surface area contributed by atoms with E-state index in [9.17, 15) is 15.0 Å². The van der Waals surface area contributed by atoms with Gasteiger partial charge < -0.3 is 25.8 Å². The zero-order valence-corrected chi connectivity index (χ0v) is 17.8. The second-order valence-corrected chi connectivity index (χ2v) is 10.6. The highest BCUT2D eigenvalue weighted by Gasteiger charge is 2.54. The molecule has 31 heavy (non-hydrogen) atoms. The van der Waals surface area contributed by atoms with E-state index in [1.54, 1.807) is 6.20 Å². The largest absolute Gasteiger partial charge is 0.393 e. The number of carbonyl (C=O) groups excluding carboxylic acids is 1. The van der Waals surface area contributed by atoms with E-state index in [1.807, 2.05) is 12.3 Å². The number of aromatic amines is 1. The third-order valence-electron chi connectivity index (χ3n) is 8.41. The monoisotopic (exact) mass is 424 g/mol. The molecule has 5 saturated carbocycles. The molecular weight excluding hydrogens is 392 g/mol. The highest BCUT2D eigenvalue weighted by molar-refractivity contribution is 6.06. The molecule has 2 atom stereocenters. The zero-order valence-electron chi connectivity index (χ0n) is 17.8. The molecule has 5 aliphatic carbocycles. The number of carbonyl (C=O) groups is 1. The highest BCUT2D eigenvalue weighted by atomic mass is 16.3. The van der Waals surface area contributed by atoms with Crippen LogP contribution in [0.4, 0.5) is 5.69 Å². The molecule has 0 saturated heterocycles. The van der Waals surface area contributed by atoms with E-state index in [-0.39, 0.29) is 24.1 Å². The van der Waals surface area contributed by atoms with Gasteiger partial charge in [-0.2, -0.15) is 0 Å². The fraction of sp³-hybridized carbons (Fsp3) is 0.667. The molecule has 4 bridgehead atoms. The Hall–Kier alpha value is -2.12. The molecule has 7 nitrogen and oxygen atoms in total. The number of H-pyrrole nitrogens is 1. The van der Waals surface area contributed by atoms with E-state index in [4.69, 9.17) is 0 Å². The quantitative estimate of drug-likeness (QED) is 0.518. The maximum absolute atomic E-state index is 13.3. The molecule has 2 aromatic rings. The normalized spacial score (nSPS) is 39.0. The summed E-state index contributed by atoms with van der Waals surface area (Å²) in [5, 5.41) is 28.6. The van der Waals surface area contributed by atoms with Crippen molar-refractivity contribution in [1.82, 2.24) is 15.3 Å². The molecule has 5 N–H and O–H groups in total. The van der Waals surface area contributed by atoms with E-state index in [0.717, 1.165) is 61.7 Å². The van der Waals surface area contributed by atoms with Crippen LogP contribution in [0.5, 0.6) is 0 Å². The van der Waals surface area contributed by atoms with Crippen LogP contribution >= 0.6 is 0 Å². The Morgan fingerprint density at radius 2 is 1.87 bits per heavy atom. The van der Waals surface area contributed by atoms with E-state index < -0.39 is 5.60 Å². The molecule has 0 radical (unpaired) electrons. The van der Waals surface area contributed by atoms with Crippen molar-refractivity contribution in [3.63, 3.8) is 0 Å². The summed E-state index contributed by atoms with van der Waals surface area (Å²) in [5.74, 6) is 1.46. The number of hydrogen-bond donors (Lipinski definition) is 5. The van der Waals surface area contributed by atoms with Gasteiger partial charge in [0.1, 0.15) is 5.65 Å². The summed E-state index contributed by atoms with van der Waals surface area (Å²) in [6, 6.07) is 2.37. The average Bonchev–Trinajstić information content (AvgIpc) is 3.20. The lowest BCUT2D eigenvalue weighted by Crippen LogP contribution is -2.59. The number of aliphatic hydroxyl groups is 2. The molecule has 0 aromatic carbocycles. The van der Waals surface area contributed by atoms with Gasteiger partial charge >= 0.3 is 0 Å². The van der Waals surface area contributed by atoms with Crippen LogP contribution in [0.3, 0.4) is 0 Å². The van der Waals surface area contributed by atoms with Gasteiger partial charge in [-0.1, -0.05) is 0 Å². The number of pyridine rings is 1. The molecule has 5 aliphatic rings. The minimum Gasteiger partial charge on any atom is -0.393 e. The second kappa shape index (κ2) is 7.20. The third-order valence-corrected chi connectivity index (χ3v) is 8.41. The van der Waals surface area contributed by atoms with Crippen molar-refractivity contribution in [1.29, 1.82) is 0 Å². The second-order valence-electron chi connectivity index (χ2n) is 10.6. The molecule has 5 fully saturated rings. The predicted octanol–water partition coefficient (Wildman–Crippen LogP) is 2.95. The predicted molar refractivity (Wildman–Crippen MR) is 118 cm³/mol. The Morgan fingerprint density at radius 1 is 1.13 bits per heavy atom. The van der Waals surface area contributed by atoms with E-state index in [2.05, 4.69) is 20.6 Å². The summed E-state index contributed by atoms with van der Waals surface area (Å²) in [6.45, 7) is 0. The van der Waals surface area contributed by atoms with Crippen molar-refractivity contribution >= 4 is 22.6 Å². The van der Waals surface area contributed by atoms with Crippen molar-refractivity contribution in [3.05, 3.63) is 24.0 Å². The van der Waals surface area contributed by atoms with Gasteiger partial charge in [0, 0.05) is 29.9 Å². The minimum atomic E-state index is -0.470. The molecule has 7 heteroatoms. The summed E-state index contributed by atoms with van der Waals surface area (Å²) in [4.78, 5) is 20.9. The molecule has 166 valence electrons. The van der Waals surface area contributed by atoms with Crippen molar-refractivity contribution in [2.45, 2.75) is 81.6 Å². The summed E-state index contributed by atoms with van der Waals surface area (Å²) in [5.41, 5.74) is 1.76. The maximum atomic E-state index is 13.3. The number of anilines is 1. The lowest BCUT2D eigenvalue weighted by Gasteiger charge is -2.58. The number of hydrogen-bond acceptors (Lipinski definition) is 5. The number of rotatable bonds is 4. The van der Waals surface area contributed by atoms with Gasteiger partial charge in [0.05, 0.1) is 23.0 Å². The number of amides is 1. The first-order valence-corrected chi connectivity index (χ1v) is 11.9. The van der Waals surface area contributed by atoms with Crippen LogP contribution in [0.1, 0.15) is 68.1 Å². The lowest BCUT2D eigenvalue weighted by molar-refractivity contribution is -0.129. The van der Waals surface area contributed by atoms with Crippen LogP contribution < -0.4 is 10.6 Å². The summed E-state index contributed by atoms with van der Waals surface area (Å²) >= 11 is 0. The Balaban J connectivity index is 1.29. The van der Waals surface area contributed by atoms with Gasteiger partial charge in [0.2, 0.25) is 0 Å². The Morgan fingerprint density at radius 3 is 2.58 bits per heavy atom. The molecule has 2 unspecified atom stereocenters. The molecule has 2 heterocycles. The third kappa shape index (κ3) is 3.42. The highest BCUT2D eigenvalue weighted by Crippen LogP contribution is 2.56. The first-order chi connectivity index (χ1) is 15.0. The summed E-state index contributed by atoms with van der Waals surface area (Å²) in [7, 11) is 0. The minimum absolute atomic E-state index is 0.0954. The van der Waals surface area contributed by atoms with Crippen molar-refractivity contribution in [2.75, 3.05) is 5.32 Å².